The second kappa shape index (κ2) is 8.78. The lowest BCUT2D eigenvalue weighted by molar-refractivity contribution is 0.893. The third kappa shape index (κ3) is 4.40. The molecular weight excluding hydrogens is 354 g/mol. The molecule has 0 fully saturated rings. The first-order chi connectivity index (χ1) is 13.9. The third-order valence-corrected chi connectivity index (χ3v) is 5.39. The predicted octanol–water partition coefficient (Wildman–Crippen LogP) is 5.75. The Morgan fingerprint density at radius 3 is 2.76 bits per heavy atom. The van der Waals surface area contributed by atoms with E-state index < -0.39 is 0 Å². The highest BCUT2D eigenvalue weighted by Crippen LogP contribution is 2.31. The molecule has 3 heteroatoms. The van der Waals surface area contributed by atoms with Gasteiger partial charge in [0.15, 0.2) is 0 Å². The van der Waals surface area contributed by atoms with E-state index in [1.807, 2.05) is 24.2 Å². The van der Waals surface area contributed by atoms with E-state index in [-0.39, 0.29) is 0 Å². The maximum Gasteiger partial charge on any atom is 0.0414 e. The average molecular weight is 384 g/mol. The molecule has 1 N–H and O–H groups in total. The molecule has 0 spiro atoms. The molecule has 2 heterocycles. The number of hydrogen-bond donors (Lipinski definition) is 1. The van der Waals surface area contributed by atoms with Crippen LogP contribution in [0, 0.1) is 0 Å². The van der Waals surface area contributed by atoms with Crippen molar-refractivity contribution in [2.24, 2.45) is 0 Å². The van der Waals surface area contributed by atoms with Crippen LogP contribution >= 0.6 is 0 Å². The first kappa shape index (κ1) is 20.4. The van der Waals surface area contributed by atoms with Gasteiger partial charge in [-0.15, -0.1) is 0 Å². The van der Waals surface area contributed by atoms with Gasteiger partial charge in [-0.05, 0) is 72.0 Å². The van der Waals surface area contributed by atoms with Crippen molar-refractivity contribution < 1.29 is 0 Å². The van der Waals surface area contributed by atoms with Crippen molar-refractivity contribution in [3.05, 3.63) is 108 Å². The number of dihydropyridines is 1. The fourth-order valence-corrected chi connectivity index (χ4v) is 3.39. The summed E-state index contributed by atoms with van der Waals surface area (Å²) in [4.78, 5) is 6.45. The Kier molecular flexibility index (Phi) is 6.18. The lowest BCUT2D eigenvalue weighted by atomic mass is 9.91. The van der Waals surface area contributed by atoms with Crippen LogP contribution in [-0.4, -0.2) is 18.6 Å². The Morgan fingerprint density at radius 1 is 1.24 bits per heavy atom. The van der Waals surface area contributed by atoms with E-state index in [9.17, 15) is 0 Å². The van der Waals surface area contributed by atoms with Gasteiger partial charge in [-0.3, -0.25) is 4.98 Å². The normalized spacial score (nSPS) is 13.4. The molecule has 29 heavy (non-hydrogen) atoms. The van der Waals surface area contributed by atoms with Gasteiger partial charge >= 0.3 is 0 Å². The van der Waals surface area contributed by atoms with Crippen LogP contribution in [0.5, 0.6) is 0 Å². The molecule has 1 aliphatic heterocycles. The summed E-state index contributed by atoms with van der Waals surface area (Å²) >= 11 is 0. The van der Waals surface area contributed by atoms with E-state index in [1.54, 1.807) is 6.08 Å². The smallest absolute Gasteiger partial charge is 0.0414 e. The quantitative estimate of drug-likeness (QED) is 0.617. The number of pyridine rings is 1. The topological polar surface area (TPSA) is 28.2 Å². The van der Waals surface area contributed by atoms with Gasteiger partial charge in [0.05, 0.1) is 0 Å². The number of nitrogens with one attached hydrogen (secondary N) is 1. The molecule has 0 aliphatic carbocycles. The molecule has 2 aromatic rings. The zero-order valence-corrected chi connectivity index (χ0v) is 17.6. The fraction of sp³-hybridized carbons (Fsp3) is 0.192. The number of likely N-dealkylation sites (N-methyl/N-ethyl adjacent to an activating group) is 1. The van der Waals surface area contributed by atoms with Gasteiger partial charge in [0.25, 0.3) is 0 Å². The summed E-state index contributed by atoms with van der Waals surface area (Å²) in [6, 6.07) is 12.6. The van der Waals surface area contributed by atoms with Crippen molar-refractivity contribution in [3.8, 4) is 0 Å². The highest BCUT2D eigenvalue weighted by Gasteiger charge is 2.16. The lowest BCUT2D eigenvalue weighted by Gasteiger charge is -2.24. The lowest BCUT2D eigenvalue weighted by Crippen LogP contribution is -2.20. The molecule has 3 nitrogen and oxygen atoms in total. The zero-order chi connectivity index (χ0) is 21.0. The Balaban J connectivity index is 1.95. The van der Waals surface area contributed by atoms with Crippen LogP contribution in [0.25, 0.3) is 11.1 Å². The zero-order valence-electron chi connectivity index (χ0n) is 17.6. The van der Waals surface area contributed by atoms with Crippen molar-refractivity contribution in [1.29, 1.82) is 0 Å². The van der Waals surface area contributed by atoms with Crippen LogP contribution in [0.15, 0.2) is 91.5 Å². The minimum Gasteiger partial charge on any atom is -0.384 e. The van der Waals surface area contributed by atoms with Crippen LogP contribution in [-0.2, 0) is 6.42 Å². The Hall–Kier alpha value is -3.33. The first-order valence-corrected chi connectivity index (χ1v) is 9.90. The molecule has 0 amide bonds. The molecule has 1 aromatic heterocycles. The average Bonchev–Trinajstić information content (AvgIpc) is 2.78. The molecule has 3 rings (SSSR count). The Morgan fingerprint density at radius 2 is 2.03 bits per heavy atom. The van der Waals surface area contributed by atoms with Gasteiger partial charge in [-0.2, -0.15) is 0 Å². The van der Waals surface area contributed by atoms with Gasteiger partial charge < -0.3 is 10.2 Å². The highest BCUT2D eigenvalue weighted by molar-refractivity contribution is 5.87. The largest absolute Gasteiger partial charge is 0.384 e. The second-order valence-electron chi connectivity index (χ2n) is 7.23. The number of rotatable bonds is 7. The number of benzene rings is 1. The summed E-state index contributed by atoms with van der Waals surface area (Å²) in [5, 5.41) is 3.53. The Bertz CT molecular complexity index is 1020. The molecular formula is C26H29N3. The van der Waals surface area contributed by atoms with Gasteiger partial charge in [-0.25, -0.2) is 0 Å². The summed E-state index contributed by atoms with van der Waals surface area (Å²) in [6.07, 6.45) is 6.79. The standard InChI is InChI=1S/C26H29N3/c1-7-18(3)29(6)25-11-9-10-22(15-25)23-16-26(20(5)28-17-23)19(4)21-12-13-27-24(8-2)14-21/h7,9-16,28H,1,3-4,8,17H2,2,5-6H3. The van der Waals surface area contributed by atoms with Crippen molar-refractivity contribution in [1.82, 2.24) is 10.3 Å². The number of aryl methyl sites for hydroxylation is 1. The molecule has 1 aliphatic rings. The predicted molar refractivity (Wildman–Crippen MR) is 126 cm³/mol. The maximum absolute atomic E-state index is 4.41. The molecule has 0 unspecified atom stereocenters. The third-order valence-electron chi connectivity index (χ3n) is 5.39. The maximum atomic E-state index is 4.41. The fourth-order valence-electron chi connectivity index (χ4n) is 3.39. The second-order valence-corrected chi connectivity index (χ2v) is 7.23. The van der Waals surface area contributed by atoms with Crippen LogP contribution in [0.1, 0.15) is 30.7 Å². The number of nitrogens with zero attached hydrogens (tertiary/aromatic N) is 2. The molecule has 0 radical (unpaired) electrons. The van der Waals surface area contributed by atoms with Crippen LogP contribution in [0.2, 0.25) is 0 Å². The number of aromatic nitrogens is 1. The Labute approximate surface area is 174 Å². The molecule has 0 saturated heterocycles. The number of hydrogen-bond acceptors (Lipinski definition) is 3. The van der Waals surface area contributed by atoms with E-state index in [2.05, 4.69) is 80.3 Å². The van der Waals surface area contributed by atoms with Crippen LogP contribution in [0.4, 0.5) is 5.69 Å². The van der Waals surface area contributed by atoms with Gasteiger partial charge in [0, 0.05) is 48.1 Å². The minimum atomic E-state index is 0.786. The van der Waals surface area contributed by atoms with Crippen molar-refractivity contribution in [2.75, 3.05) is 18.5 Å². The van der Waals surface area contributed by atoms with E-state index in [0.29, 0.717) is 0 Å². The minimum absolute atomic E-state index is 0.786. The van der Waals surface area contributed by atoms with Gasteiger partial charge in [0.2, 0.25) is 0 Å². The van der Waals surface area contributed by atoms with E-state index >= 15 is 0 Å². The van der Waals surface area contributed by atoms with Crippen LogP contribution < -0.4 is 10.2 Å². The summed E-state index contributed by atoms with van der Waals surface area (Å²) in [5.74, 6) is 0. The number of allylic oxidation sites excluding steroid dienone is 5. The molecule has 1 aromatic carbocycles. The molecule has 0 saturated carbocycles. The van der Waals surface area contributed by atoms with Gasteiger partial charge in [0.1, 0.15) is 0 Å². The monoisotopic (exact) mass is 383 g/mol. The van der Waals surface area contributed by atoms with Crippen molar-refractivity contribution in [2.45, 2.75) is 20.3 Å². The van der Waals surface area contributed by atoms with E-state index in [1.165, 1.54) is 11.1 Å². The van der Waals surface area contributed by atoms with Crippen molar-refractivity contribution in [3.63, 3.8) is 0 Å². The van der Waals surface area contributed by atoms with Crippen LogP contribution in [0.3, 0.4) is 0 Å². The highest BCUT2D eigenvalue weighted by atomic mass is 15.1. The first-order valence-electron chi connectivity index (χ1n) is 9.90. The number of anilines is 1. The van der Waals surface area contributed by atoms with E-state index in [4.69, 9.17) is 0 Å². The summed E-state index contributed by atoms with van der Waals surface area (Å²) in [6.45, 7) is 17.2. The van der Waals surface area contributed by atoms with Crippen molar-refractivity contribution >= 4 is 16.8 Å². The van der Waals surface area contributed by atoms with E-state index in [0.717, 1.165) is 52.5 Å². The van der Waals surface area contributed by atoms with Gasteiger partial charge in [-0.1, -0.05) is 38.8 Å². The summed E-state index contributed by atoms with van der Waals surface area (Å²) in [5.41, 5.74) is 9.84. The SMILES string of the molecule is C=CC(=C)N(C)c1cccc(C2=CC(C(=C)c3ccnc(CC)c3)=C(C)NC2)c1. The molecule has 0 atom stereocenters. The molecule has 148 valence electrons. The summed E-state index contributed by atoms with van der Waals surface area (Å²) in [7, 11) is 2.00. The molecule has 0 bridgehead atoms. The summed E-state index contributed by atoms with van der Waals surface area (Å²) < 4.78 is 0.